The van der Waals surface area contributed by atoms with Crippen LogP contribution < -0.4 is 26.4 Å². The molecule has 0 aliphatic carbocycles. The lowest BCUT2D eigenvalue weighted by molar-refractivity contribution is -0.157. The van der Waals surface area contributed by atoms with Gasteiger partial charge in [-0.3, -0.25) is 28.8 Å². The molecular formula is C57H65ClN6O11S2. The first-order valence-electron chi connectivity index (χ1n) is 25.4. The number of amides is 3. The molecule has 2 fully saturated rings. The number of aryl methyl sites for hydroxylation is 1. The van der Waals surface area contributed by atoms with E-state index in [1.54, 1.807) is 77.2 Å². The van der Waals surface area contributed by atoms with Crippen molar-refractivity contribution in [3.8, 4) is 16.2 Å². The van der Waals surface area contributed by atoms with Crippen LogP contribution >= 0.6 is 22.9 Å². The molecule has 0 radical (unpaired) electrons. The summed E-state index contributed by atoms with van der Waals surface area (Å²) in [5.41, 5.74) is 3.85. The number of piperidine rings is 2. The van der Waals surface area contributed by atoms with Crippen LogP contribution in [0.4, 0.5) is 11.4 Å². The average molecular weight is 1110 g/mol. The molecule has 0 bridgehead atoms. The smallest absolute Gasteiger partial charge is 0.352 e. The highest BCUT2D eigenvalue weighted by atomic mass is 35.5. The summed E-state index contributed by atoms with van der Waals surface area (Å²) in [5.74, 6) is -2.58. The van der Waals surface area contributed by atoms with Crippen molar-refractivity contribution in [3.63, 3.8) is 0 Å². The summed E-state index contributed by atoms with van der Waals surface area (Å²) in [5, 5.41) is 9.00. The number of ether oxygens (including phenoxy) is 3. The fourth-order valence-corrected chi connectivity index (χ4v) is 13.3. The Morgan fingerprint density at radius 1 is 0.818 bits per heavy atom. The Balaban J connectivity index is 0.860. The van der Waals surface area contributed by atoms with Gasteiger partial charge in [0.2, 0.25) is 27.7 Å². The summed E-state index contributed by atoms with van der Waals surface area (Å²) in [6, 6.07) is 26.9. The molecule has 0 spiro atoms. The number of nitrogens with zero attached hydrogens (tertiary/aromatic N) is 3. The number of anilines is 2. The van der Waals surface area contributed by atoms with Gasteiger partial charge < -0.3 is 24.8 Å². The van der Waals surface area contributed by atoms with Crippen molar-refractivity contribution in [1.29, 1.82) is 0 Å². The second-order valence-corrected chi connectivity index (χ2v) is 25.5. The van der Waals surface area contributed by atoms with E-state index in [0.29, 0.717) is 52.0 Å². The zero-order chi connectivity index (χ0) is 55.8. The Labute approximate surface area is 457 Å². The molecule has 0 saturated carbocycles. The molecule has 408 valence electrons. The van der Waals surface area contributed by atoms with Gasteiger partial charge in [0.15, 0.2) is 17.2 Å². The molecule has 77 heavy (non-hydrogen) atoms. The number of benzene rings is 4. The van der Waals surface area contributed by atoms with Crippen molar-refractivity contribution < 1.29 is 46.6 Å². The Morgan fingerprint density at radius 3 is 2.18 bits per heavy atom. The first-order valence-corrected chi connectivity index (χ1v) is 28.2. The molecule has 4 heterocycles. The van der Waals surface area contributed by atoms with Gasteiger partial charge in [-0.2, -0.15) is 4.31 Å². The third-order valence-corrected chi connectivity index (χ3v) is 16.8. The van der Waals surface area contributed by atoms with Gasteiger partial charge in [-0.1, -0.05) is 66.2 Å². The minimum absolute atomic E-state index is 0.0287. The number of imidazole rings is 1. The van der Waals surface area contributed by atoms with Gasteiger partial charge in [0.1, 0.15) is 22.3 Å². The number of thiophene rings is 1. The fraction of sp³-hybridized carbons (Fsp3) is 0.404. The van der Waals surface area contributed by atoms with Gasteiger partial charge in [0, 0.05) is 43.0 Å². The summed E-state index contributed by atoms with van der Waals surface area (Å²) in [6.07, 6.45) is 2.10. The molecule has 3 N–H and O–H groups in total. The highest BCUT2D eigenvalue weighted by Gasteiger charge is 2.42. The van der Waals surface area contributed by atoms with Crippen LogP contribution in [-0.4, -0.2) is 87.5 Å². The van der Waals surface area contributed by atoms with E-state index in [0.717, 1.165) is 33.7 Å². The Bertz CT molecular complexity index is 3440. The highest BCUT2D eigenvalue weighted by molar-refractivity contribution is 7.88. The van der Waals surface area contributed by atoms with Crippen LogP contribution in [-0.2, 0) is 64.3 Å². The predicted octanol–water partition coefficient (Wildman–Crippen LogP) is 9.33. The number of aromatic nitrogens is 2. The van der Waals surface area contributed by atoms with E-state index in [1.165, 1.54) is 9.13 Å². The number of carbonyl (C=O) groups is 5. The second kappa shape index (κ2) is 22.3. The molecule has 17 nitrogen and oxygen atoms in total. The molecule has 20 heteroatoms. The van der Waals surface area contributed by atoms with Crippen LogP contribution in [0.2, 0.25) is 5.02 Å². The predicted molar refractivity (Wildman–Crippen MR) is 298 cm³/mol. The van der Waals surface area contributed by atoms with Crippen LogP contribution in [0.3, 0.4) is 0 Å². The van der Waals surface area contributed by atoms with Crippen molar-refractivity contribution in [2.45, 2.75) is 128 Å². The van der Waals surface area contributed by atoms with Gasteiger partial charge >= 0.3 is 17.6 Å². The molecule has 6 aromatic rings. The van der Waals surface area contributed by atoms with E-state index < -0.39 is 57.3 Å². The van der Waals surface area contributed by atoms with E-state index in [-0.39, 0.29) is 70.8 Å². The first kappa shape index (κ1) is 56.4. The molecule has 8 rings (SSSR count). The number of hydrogen-bond acceptors (Lipinski definition) is 13. The van der Waals surface area contributed by atoms with E-state index in [1.807, 2.05) is 80.6 Å². The topological polar surface area (TPSA) is 213 Å². The van der Waals surface area contributed by atoms with Crippen molar-refractivity contribution in [3.05, 3.63) is 134 Å². The number of fused-ring (bicyclic) bond motifs is 1. The maximum absolute atomic E-state index is 14.2. The summed E-state index contributed by atoms with van der Waals surface area (Å²) in [4.78, 5) is 77.5. The van der Waals surface area contributed by atoms with Crippen LogP contribution in [0.15, 0.2) is 95.8 Å². The maximum atomic E-state index is 14.2. The number of imide groups is 1. The van der Waals surface area contributed by atoms with E-state index >= 15 is 0 Å². The molecular weight excluding hydrogens is 1040 g/mol. The first-order chi connectivity index (χ1) is 36.1. The molecule has 2 aliphatic rings. The molecule has 2 aromatic heterocycles. The number of hydrogen-bond donors (Lipinski definition) is 3. The zero-order valence-electron chi connectivity index (χ0n) is 44.7. The molecule has 2 atom stereocenters. The molecule has 2 aliphatic heterocycles. The molecule has 3 amide bonds. The van der Waals surface area contributed by atoms with Crippen molar-refractivity contribution in [2.75, 3.05) is 23.8 Å². The van der Waals surface area contributed by atoms with Crippen LogP contribution in [0.5, 0.6) is 5.75 Å². The lowest BCUT2D eigenvalue weighted by Crippen LogP contribution is -2.55. The lowest BCUT2D eigenvalue weighted by atomic mass is 9.89. The lowest BCUT2D eigenvalue weighted by Gasteiger charge is -2.45. The van der Waals surface area contributed by atoms with E-state index in [9.17, 15) is 37.2 Å². The Kier molecular flexibility index (Phi) is 16.3. The van der Waals surface area contributed by atoms with E-state index in [2.05, 4.69) is 16.0 Å². The summed E-state index contributed by atoms with van der Waals surface area (Å²) in [6.45, 7) is 14.1. The number of carbonyl (C=O) groups excluding carboxylic acids is 5. The van der Waals surface area contributed by atoms with Gasteiger partial charge in [-0.25, -0.2) is 22.8 Å². The van der Waals surface area contributed by atoms with Gasteiger partial charge in [-0.15, -0.1) is 11.3 Å². The fourth-order valence-electron chi connectivity index (χ4n) is 9.86. The van der Waals surface area contributed by atoms with Crippen LogP contribution in [0, 0.1) is 0 Å². The number of nitrogens with one attached hydrogen (secondary N) is 3. The molecule has 4 aromatic carbocycles. The summed E-state index contributed by atoms with van der Waals surface area (Å²) < 4.78 is 49.7. The SMILES string of the molecule is Cn1c(=O)n(C2CCC(=O)NC2=O)c2ccc(Cc3ccc(CC(=O)Nc4cccc(CS(=O)(=O)N5CC[C@H](Nc6cccc(-c7sc(C(=O)OC(C)(C)C)c(OCC(=O)OC(C)(C)C)c7Cl)c6)CC5(C)C)c4)cc3)cc21. The number of sulfonamides is 1. The quantitative estimate of drug-likeness (QED) is 0.0611. The zero-order valence-corrected chi connectivity index (χ0v) is 47.1. The number of rotatable bonds is 16. The van der Waals surface area contributed by atoms with Gasteiger partial charge in [-0.05, 0) is 145 Å². The number of halogens is 1. The van der Waals surface area contributed by atoms with Crippen molar-refractivity contribution in [2.24, 2.45) is 7.05 Å². The Morgan fingerprint density at radius 2 is 1.49 bits per heavy atom. The minimum atomic E-state index is -3.81. The third kappa shape index (κ3) is 13.7. The van der Waals surface area contributed by atoms with Gasteiger partial charge in [0.25, 0.3) is 0 Å². The molecule has 2 saturated heterocycles. The molecule has 1 unspecified atom stereocenters. The third-order valence-electron chi connectivity index (χ3n) is 13.1. The summed E-state index contributed by atoms with van der Waals surface area (Å²) >= 11 is 8.02. The van der Waals surface area contributed by atoms with E-state index in [4.69, 9.17) is 25.8 Å². The largest absolute Gasteiger partial charge is 0.479 e. The highest BCUT2D eigenvalue weighted by Crippen LogP contribution is 2.47. The average Bonchev–Trinajstić information content (AvgIpc) is 3.78. The second-order valence-electron chi connectivity index (χ2n) is 22.3. The number of esters is 2. The summed E-state index contributed by atoms with van der Waals surface area (Å²) in [7, 11) is -2.15. The van der Waals surface area contributed by atoms with Gasteiger partial charge in [0.05, 0.1) is 28.1 Å². The normalized spacial score (nSPS) is 17.2. The van der Waals surface area contributed by atoms with Crippen molar-refractivity contribution >= 4 is 85.0 Å². The maximum Gasteiger partial charge on any atom is 0.352 e. The minimum Gasteiger partial charge on any atom is -0.479 e. The Hall–Kier alpha value is -6.80. The van der Waals surface area contributed by atoms with Crippen LogP contribution in [0.25, 0.3) is 21.5 Å². The van der Waals surface area contributed by atoms with Crippen molar-refractivity contribution in [1.82, 2.24) is 18.8 Å². The standard InChI is InChI=1S/C57H65ClN6O11S2/c1-55(2,3)74-47(67)32-73-49-48(58)50(76-51(49)53(69)75-56(4,5)6)38-13-11-15-40(30-38)59-41-24-25-63(57(7,8)31-41)77(71,72)33-37-12-10-14-39(27-37)60-46(66)29-35-18-16-34(17-19-35)26-36-20-21-42-44(28-36)62(9)54(70)64(42)43-22-23-45(65)61-52(43)68/h10-21,27-28,30,41,43,59H,22-26,29,31-33H2,1-9H3,(H,60,66)(H,61,65,68)/t41-,43?/m0/s1. The monoisotopic (exact) mass is 1110 g/mol. The van der Waals surface area contributed by atoms with Crippen LogP contribution in [0.1, 0.15) is 119 Å².